The zero-order valence-corrected chi connectivity index (χ0v) is 28.7. The molecule has 0 aromatic carbocycles. The second kappa shape index (κ2) is 16.7. The molecule has 4 atom stereocenters. The van der Waals surface area contributed by atoms with Gasteiger partial charge in [-0.25, -0.2) is 0 Å². The second-order valence-electron chi connectivity index (χ2n) is 13.7. The van der Waals surface area contributed by atoms with Crippen LogP contribution in [0.5, 0.6) is 0 Å². The minimum Gasteiger partial charge on any atom is -0.393 e. The van der Waals surface area contributed by atoms with E-state index in [1.807, 2.05) is 76.3 Å². The van der Waals surface area contributed by atoms with Crippen LogP contribution in [0.15, 0.2) is 94.2 Å². The molecule has 0 aromatic rings. The van der Waals surface area contributed by atoms with Gasteiger partial charge in [0.05, 0.1) is 17.8 Å². The minimum absolute atomic E-state index is 0.0705. The van der Waals surface area contributed by atoms with Crippen LogP contribution in [0, 0.1) is 23.2 Å². The van der Waals surface area contributed by atoms with Crippen molar-refractivity contribution in [1.29, 1.82) is 0 Å². The fourth-order valence-electron chi connectivity index (χ4n) is 5.89. The number of aliphatic hydroxyl groups excluding tert-OH is 1. The first-order valence-corrected chi connectivity index (χ1v) is 15.8. The molecule has 1 saturated heterocycles. The predicted molar refractivity (Wildman–Crippen MR) is 184 cm³/mol. The molecule has 238 valence electrons. The maximum Gasteiger partial charge on any atom is 0.161 e. The van der Waals surface area contributed by atoms with Gasteiger partial charge < -0.3 is 9.84 Å². The number of allylic oxidation sites excluding steroid dienone is 15. The summed E-state index contributed by atoms with van der Waals surface area (Å²) in [6.45, 7) is 20.0. The molecular formula is C40H54O4. The molecule has 0 saturated carbocycles. The van der Waals surface area contributed by atoms with Crippen LogP contribution >= 0.6 is 0 Å². The maximum absolute atomic E-state index is 12.9. The third-order valence-corrected chi connectivity index (χ3v) is 8.58. The summed E-state index contributed by atoms with van der Waals surface area (Å²) in [5, 5.41) is 10.1. The van der Waals surface area contributed by atoms with Crippen molar-refractivity contribution in [3.05, 3.63) is 94.2 Å². The Bertz CT molecular complexity index is 1380. The Morgan fingerprint density at radius 1 is 0.932 bits per heavy atom. The fourth-order valence-corrected chi connectivity index (χ4v) is 5.89. The summed E-state index contributed by atoms with van der Waals surface area (Å²) in [6.07, 6.45) is 22.6. The van der Waals surface area contributed by atoms with E-state index >= 15 is 0 Å². The van der Waals surface area contributed by atoms with Crippen molar-refractivity contribution in [2.45, 2.75) is 119 Å². The lowest BCUT2D eigenvalue weighted by Crippen LogP contribution is -2.34. The highest BCUT2D eigenvalue weighted by atomic mass is 16.5. The Balaban J connectivity index is 1.89. The summed E-state index contributed by atoms with van der Waals surface area (Å²) in [4.78, 5) is 24.4. The van der Waals surface area contributed by atoms with Gasteiger partial charge in [-0.3, -0.25) is 9.59 Å². The number of carbonyl (C=O) groups is 2. The summed E-state index contributed by atoms with van der Waals surface area (Å²) >= 11 is 0. The molecule has 0 aromatic heterocycles. The Kier molecular flexibility index (Phi) is 14.0. The number of ketones is 2. The lowest BCUT2D eigenvalue weighted by molar-refractivity contribution is -0.126. The first-order valence-electron chi connectivity index (χ1n) is 15.8. The monoisotopic (exact) mass is 598 g/mol. The van der Waals surface area contributed by atoms with Gasteiger partial charge in [0.15, 0.2) is 5.78 Å². The van der Waals surface area contributed by atoms with Gasteiger partial charge in [-0.2, -0.15) is 0 Å². The van der Waals surface area contributed by atoms with Crippen molar-refractivity contribution < 1.29 is 19.4 Å². The Labute approximate surface area is 267 Å². The summed E-state index contributed by atoms with van der Waals surface area (Å²) < 4.78 is 6.15. The molecule has 0 amide bonds. The number of ether oxygens (including phenoxy) is 1. The van der Waals surface area contributed by atoms with Crippen LogP contribution in [0.1, 0.15) is 101 Å². The van der Waals surface area contributed by atoms with Crippen LogP contribution < -0.4 is 0 Å². The van der Waals surface area contributed by atoms with E-state index in [1.165, 1.54) is 5.57 Å². The highest BCUT2D eigenvalue weighted by Crippen LogP contribution is 2.41. The third kappa shape index (κ3) is 12.0. The Morgan fingerprint density at radius 3 is 2.09 bits per heavy atom. The average molecular weight is 599 g/mol. The molecule has 0 radical (unpaired) electrons. The normalized spacial score (nSPS) is 27.0. The Morgan fingerprint density at radius 2 is 1.52 bits per heavy atom. The lowest BCUT2D eigenvalue weighted by Gasteiger charge is -2.34. The number of carbonyl (C=O) groups excluding carboxylic acids is 2. The van der Waals surface area contributed by atoms with E-state index < -0.39 is 5.60 Å². The van der Waals surface area contributed by atoms with E-state index in [9.17, 15) is 14.7 Å². The van der Waals surface area contributed by atoms with E-state index in [1.54, 1.807) is 6.92 Å². The van der Waals surface area contributed by atoms with E-state index in [0.717, 1.165) is 35.1 Å². The molecule has 2 aliphatic rings. The van der Waals surface area contributed by atoms with E-state index in [-0.39, 0.29) is 35.1 Å². The zero-order chi connectivity index (χ0) is 33.1. The maximum atomic E-state index is 12.9. The lowest BCUT2D eigenvalue weighted by atomic mass is 9.72. The number of aliphatic hydroxyl groups is 1. The van der Waals surface area contributed by atoms with Crippen molar-refractivity contribution in [1.82, 2.24) is 0 Å². The summed E-state index contributed by atoms with van der Waals surface area (Å²) in [7, 11) is 0. The molecule has 2 rings (SSSR count). The van der Waals surface area contributed by atoms with Crippen LogP contribution in [-0.2, 0) is 14.3 Å². The van der Waals surface area contributed by atoms with E-state index in [4.69, 9.17) is 4.74 Å². The quantitative estimate of drug-likeness (QED) is 0.146. The van der Waals surface area contributed by atoms with Gasteiger partial charge in [0.25, 0.3) is 0 Å². The summed E-state index contributed by atoms with van der Waals surface area (Å²) in [5.74, 6) is 7.06. The van der Waals surface area contributed by atoms with Crippen molar-refractivity contribution in [2.24, 2.45) is 11.3 Å². The molecule has 44 heavy (non-hydrogen) atoms. The SMILES string of the molecule is CC(=O)CC1CC(C)C(C)(CC(=O)/C(C)=C/C=C/C(C)=C/C=C/C=C(C)/C=C/C=C(\C)C#CC2=C(C)C[C@@H](O)CC2(C)C)O1. The molecule has 0 bridgehead atoms. The van der Waals surface area contributed by atoms with Crippen LogP contribution in [0.3, 0.4) is 0 Å². The van der Waals surface area contributed by atoms with Crippen LogP contribution in [0.25, 0.3) is 0 Å². The van der Waals surface area contributed by atoms with Crippen LogP contribution in [0.4, 0.5) is 0 Å². The second-order valence-corrected chi connectivity index (χ2v) is 13.7. The largest absolute Gasteiger partial charge is 0.393 e. The molecule has 3 unspecified atom stereocenters. The molecule has 1 N–H and O–H groups in total. The Hall–Kier alpha value is -3.26. The number of Topliss-reactive ketones (excluding diaryl/α,β-unsaturated/α-hetero) is 2. The standard InChI is InChI=1S/C40H54O4/c1-28(17-13-18-30(3)21-22-37-32(5)23-35(42)26-39(37,8)9)15-11-12-16-29(2)19-14-20-31(4)38(43)27-40(10)33(6)24-36(44-40)25-34(7)41/h11-20,33,35-36,42H,23-27H2,1-10H3/b12-11+,17-13+,19-14+,28-15+,29-16+,30-18+,31-20+/t33?,35-,36?,40?/m1/s1. The fraction of sp³-hybridized carbons (Fsp3) is 0.500. The summed E-state index contributed by atoms with van der Waals surface area (Å²) in [5.41, 5.74) is 5.60. The molecule has 1 heterocycles. The van der Waals surface area contributed by atoms with E-state index in [0.29, 0.717) is 24.8 Å². The zero-order valence-electron chi connectivity index (χ0n) is 28.7. The van der Waals surface area contributed by atoms with Crippen LogP contribution in [0.2, 0.25) is 0 Å². The average Bonchev–Trinajstić information content (AvgIpc) is 3.16. The van der Waals surface area contributed by atoms with E-state index in [2.05, 4.69) is 58.6 Å². The first-order chi connectivity index (χ1) is 20.5. The number of rotatable bonds is 11. The van der Waals surface area contributed by atoms with Crippen molar-refractivity contribution >= 4 is 11.6 Å². The van der Waals surface area contributed by atoms with Gasteiger partial charge in [0.2, 0.25) is 0 Å². The molecule has 1 fully saturated rings. The molecule has 4 nitrogen and oxygen atoms in total. The van der Waals surface area contributed by atoms with Crippen molar-refractivity contribution in [3.63, 3.8) is 0 Å². The van der Waals surface area contributed by atoms with Gasteiger partial charge in [-0.15, -0.1) is 0 Å². The highest BCUT2D eigenvalue weighted by Gasteiger charge is 2.44. The van der Waals surface area contributed by atoms with Gasteiger partial charge in [0.1, 0.15) is 5.78 Å². The van der Waals surface area contributed by atoms with Gasteiger partial charge in [0, 0.05) is 23.8 Å². The highest BCUT2D eigenvalue weighted by molar-refractivity contribution is 5.95. The van der Waals surface area contributed by atoms with Crippen LogP contribution in [-0.4, -0.2) is 34.5 Å². The molecule has 1 aliphatic carbocycles. The topological polar surface area (TPSA) is 63.6 Å². The number of hydrogen-bond acceptors (Lipinski definition) is 4. The summed E-state index contributed by atoms with van der Waals surface area (Å²) in [6, 6.07) is 0. The first kappa shape index (κ1) is 36.9. The van der Waals surface area contributed by atoms with Gasteiger partial charge in [-0.05, 0) is 84.8 Å². The van der Waals surface area contributed by atoms with Crippen molar-refractivity contribution in [3.8, 4) is 11.8 Å². The minimum atomic E-state index is -0.532. The molecule has 1 aliphatic heterocycles. The molecular weight excluding hydrogens is 544 g/mol. The number of hydrogen-bond donors (Lipinski definition) is 1. The third-order valence-electron chi connectivity index (χ3n) is 8.58. The smallest absolute Gasteiger partial charge is 0.161 e. The molecule has 4 heteroatoms. The van der Waals surface area contributed by atoms with Crippen molar-refractivity contribution in [2.75, 3.05) is 0 Å². The van der Waals surface area contributed by atoms with Gasteiger partial charge in [-0.1, -0.05) is 110 Å². The predicted octanol–water partition coefficient (Wildman–Crippen LogP) is 9.06. The van der Waals surface area contributed by atoms with Gasteiger partial charge >= 0.3 is 0 Å². The molecule has 0 spiro atoms.